The van der Waals surface area contributed by atoms with Crippen LogP contribution in [0.5, 0.6) is 0 Å². The average molecular weight is 269 g/mol. The third-order valence-electron chi connectivity index (χ3n) is 2.96. The minimum absolute atomic E-state index is 0.860. The SMILES string of the molecule is CCCCC(CC)Cc1cccc(Br)c1. The smallest absolute Gasteiger partial charge is 0.0177 e. The zero-order valence-corrected chi connectivity index (χ0v) is 11.4. The first-order valence-electron chi connectivity index (χ1n) is 6.00. The summed E-state index contributed by atoms with van der Waals surface area (Å²) < 4.78 is 1.20. The van der Waals surface area contributed by atoms with Crippen LogP contribution >= 0.6 is 15.9 Å². The highest BCUT2D eigenvalue weighted by Crippen LogP contribution is 2.20. The van der Waals surface area contributed by atoms with Gasteiger partial charge < -0.3 is 0 Å². The van der Waals surface area contributed by atoms with Gasteiger partial charge in [-0.3, -0.25) is 0 Å². The van der Waals surface area contributed by atoms with Crippen LogP contribution in [-0.4, -0.2) is 0 Å². The lowest BCUT2D eigenvalue weighted by Gasteiger charge is -2.14. The van der Waals surface area contributed by atoms with E-state index < -0.39 is 0 Å². The normalized spacial score (nSPS) is 12.7. The Bertz CT molecular complexity index is 280. The second-order valence-electron chi connectivity index (χ2n) is 4.25. The Kier molecular flexibility index (Phi) is 6.00. The van der Waals surface area contributed by atoms with E-state index in [-0.39, 0.29) is 0 Å². The summed E-state index contributed by atoms with van der Waals surface area (Å²) in [5, 5.41) is 0. The fourth-order valence-electron chi connectivity index (χ4n) is 1.94. The summed E-state index contributed by atoms with van der Waals surface area (Å²) in [4.78, 5) is 0. The summed E-state index contributed by atoms with van der Waals surface area (Å²) in [6, 6.07) is 8.70. The Morgan fingerprint density at radius 3 is 2.67 bits per heavy atom. The molecule has 0 amide bonds. The van der Waals surface area contributed by atoms with Crippen molar-refractivity contribution in [1.82, 2.24) is 0 Å². The highest BCUT2D eigenvalue weighted by atomic mass is 79.9. The van der Waals surface area contributed by atoms with Crippen LogP contribution in [0.3, 0.4) is 0 Å². The van der Waals surface area contributed by atoms with Crippen molar-refractivity contribution < 1.29 is 0 Å². The van der Waals surface area contributed by atoms with Crippen LogP contribution in [0.2, 0.25) is 0 Å². The van der Waals surface area contributed by atoms with Gasteiger partial charge in [0.15, 0.2) is 0 Å². The quantitative estimate of drug-likeness (QED) is 0.665. The molecule has 84 valence electrons. The molecule has 0 aliphatic heterocycles. The number of benzene rings is 1. The van der Waals surface area contributed by atoms with Crippen molar-refractivity contribution in [2.75, 3.05) is 0 Å². The summed E-state index contributed by atoms with van der Waals surface area (Å²) in [6.07, 6.45) is 6.59. The summed E-state index contributed by atoms with van der Waals surface area (Å²) in [5.74, 6) is 0.860. The van der Waals surface area contributed by atoms with Crippen LogP contribution in [0.1, 0.15) is 45.1 Å². The Morgan fingerprint density at radius 2 is 2.07 bits per heavy atom. The summed E-state index contributed by atoms with van der Waals surface area (Å²) in [7, 11) is 0. The number of rotatable bonds is 6. The van der Waals surface area contributed by atoms with Crippen molar-refractivity contribution in [3.05, 3.63) is 34.3 Å². The van der Waals surface area contributed by atoms with E-state index in [1.165, 1.54) is 42.1 Å². The van der Waals surface area contributed by atoms with Crippen molar-refractivity contribution in [3.8, 4) is 0 Å². The molecule has 0 N–H and O–H groups in total. The standard InChI is InChI=1S/C14H21Br/c1-3-5-7-12(4-2)10-13-8-6-9-14(15)11-13/h6,8-9,11-12H,3-5,7,10H2,1-2H3. The molecular formula is C14H21Br. The fraction of sp³-hybridized carbons (Fsp3) is 0.571. The molecule has 1 aromatic rings. The molecule has 0 aliphatic rings. The van der Waals surface area contributed by atoms with E-state index in [4.69, 9.17) is 0 Å². The van der Waals surface area contributed by atoms with Crippen LogP contribution in [0.15, 0.2) is 28.7 Å². The predicted octanol–water partition coefficient (Wildman–Crippen LogP) is 5.21. The minimum atomic E-state index is 0.860. The summed E-state index contributed by atoms with van der Waals surface area (Å²) >= 11 is 3.53. The first-order valence-corrected chi connectivity index (χ1v) is 6.80. The maximum Gasteiger partial charge on any atom is 0.0177 e. The third-order valence-corrected chi connectivity index (χ3v) is 3.45. The Balaban J connectivity index is 2.50. The van der Waals surface area contributed by atoms with Gasteiger partial charge in [-0.15, -0.1) is 0 Å². The lowest BCUT2D eigenvalue weighted by Crippen LogP contribution is -2.03. The molecule has 0 radical (unpaired) electrons. The molecule has 0 saturated carbocycles. The number of hydrogen-bond donors (Lipinski definition) is 0. The molecule has 0 heterocycles. The molecule has 0 bridgehead atoms. The van der Waals surface area contributed by atoms with E-state index in [0.29, 0.717) is 0 Å². The van der Waals surface area contributed by atoms with Crippen molar-refractivity contribution in [3.63, 3.8) is 0 Å². The molecule has 1 aromatic carbocycles. The van der Waals surface area contributed by atoms with Crippen LogP contribution in [0, 0.1) is 5.92 Å². The number of halogens is 1. The first kappa shape index (κ1) is 12.8. The maximum atomic E-state index is 3.53. The third kappa shape index (κ3) is 4.83. The van der Waals surface area contributed by atoms with Gasteiger partial charge in [0.25, 0.3) is 0 Å². The molecule has 15 heavy (non-hydrogen) atoms. The van der Waals surface area contributed by atoms with Gasteiger partial charge in [0.05, 0.1) is 0 Å². The molecule has 1 rings (SSSR count). The molecule has 0 fully saturated rings. The van der Waals surface area contributed by atoms with Crippen LogP contribution < -0.4 is 0 Å². The van der Waals surface area contributed by atoms with Crippen LogP contribution in [0.25, 0.3) is 0 Å². The van der Waals surface area contributed by atoms with Crippen LogP contribution in [0.4, 0.5) is 0 Å². The topological polar surface area (TPSA) is 0 Å². The van der Waals surface area contributed by atoms with Gasteiger partial charge in [0.2, 0.25) is 0 Å². The molecule has 0 saturated heterocycles. The monoisotopic (exact) mass is 268 g/mol. The molecule has 0 aliphatic carbocycles. The largest absolute Gasteiger partial charge is 0.0654 e. The van der Waals surface area contributed by atoms with E-state index in [1.807, 2.05) is 0 Å². The van der Waals surface area contributed by atoms with E-state index in [2.05, 4.69) is 54.0 Å². The summed E-state index contributed by atoms with van der Waals surface area (Å²) in [6.45, 7) is 4.57. The average Bonchev–Trinajstić information content (AvgIpc) is 2.24. The molecule has 0 aromatic heterocycles. The second-order valence-corrected chi connectivity index (χ2v) is 5.17. The zero-order valence-electron chi connectivity index (χ0n) is 9.80. The molecule has 0 nitrogen and oxygen atoms in total. The van der Waals surface area contributed by atoms with Gasteiger partial charge in [-0.05, 0) is 30.0 Å². The van der Waals surface area contributed by atoms with Gasteiger partial charge in [0, 0.05) is 4.47 Å². The Hall–Kier alpha value is -0.300. The predicted molar refractivity (Wildman–Crippen MR) is 71.2 cm³/mol. The fourth-order valence-corrected chi connectivity index (χ4v) is 2.39. The zero-order chi connectivity index (χ0) is 11.1. The van der Waals surface area contributed by atoms with E-state index in [0.717, 1.165) is 5.92 Å². The molecule has 1 unspecified atom stereocenters. The van der Waals surface area contributed by atoms with E-state index in [9.17, 15) is 0 Å². The Labute approximate surface area is 102 Å². The van der Waals surface area contributed by atoms with Crippen LogP contribution in [-0.2, 0) is 6.42 Å². The summed E-state index contributed by atoms with van der Waals surface area (Å²) in [5.41, 5.74) is 1.47. The van der Waals surface area contributed by atoms with E-state index >= 15 is 0 Å². The minimum Gasteiger partial charge on any atom is -0.0654 e. The molecule has 1 heteroatoms. The van der Waals surface area contributed by atoms with Gasteiger partial charge in [0.1, 0.15) is 0 Å². The van der Waals surface area contributed by atoms with Gasteiger partial charge >= 0.3 is 0 Å². The van der Waals surface area contributed by atoms with Crippen molar-refractivity contribution in [2.24, 2.45) is 5.92 Å². The second kappa shape index (κ2) is 7.05. The number of hydrogen-bond acceptors (Lipinski definition) is 0. The molecular weight excluding hydrogens is 248 g/mol. The van der Waals surface area contributed by atoms with Gasteiger partial charge in [-0.25, -0.2) is 0 Å². The van der Waals surface area contributed by atoms with Crippen molar-refractivity contribution >= 4 is 15.9 Å². The van der Waals surface area contributed by atoms with Gasteiger partial charge in [-0.1, -0.05) is 67.6 Å². The Morgan fingerprint density at radius 1 is 1.27 bits per heavy atom. The van der Waals surface area contributed by atoms with E-state index in [1.54, 1.807) is 0 Å². The lowest BCUT2D eigenvalue weighted by atomic mass is 9.92. The highest BCUT2D eigenvalue weighted by molar-refractivity contribution is 9.10. The van der Waals surface area contributed by atoms with Crippen molar-refractivity contribution in [2.45, 2.75) is 46.0 Å². The number of unbranched alkanes of at least 4 members (excludes halogenated alkanes) is 1. The molecule has 0 spiro atoms. The molecule has 1 atom stereocenters. The highest BCUT2D eigenvalue weighted by Gasteiger charge is 2.06. The van der Waals surface area contributed by atoms with Gasteiger partial charge in [-0.2, -0.15) is 0 Å². The first-order chi connectivity index (χ1) is 7.26. The lowest BCUT2D eigenvalue weighted by molar-refractivity contribution is 0.449. The van der Waals surface area contributed by atoms with Crippen molar-refractivity contribution in [1.29, 1.82) is 0 Å². The maximum absolute atomic E-state index is 3.53.